The van der Waals surface area contributed by atoms with Crippen molar-refractivity contribution in [2.24, 2.45) is 0 Å². The molecule has 0 spiro atoms. The number of halogens is 2. The molecule has 1 amide bonds. The Bertz CT molecular complexity index is 459. The minimum absolute atomic E-state index is 0. The lowest BCUT2D eigenvalue weighted by Gasteiger charge is -2.14. The Morgan fingerprint density at radius 3 is 2.70 bits per heavy atom. The molecule has 3 nitrogen and oxygen atoms in total. The molecular weight excluding hydrogens is 340 g/mol. The quantitative estimate of drug-likeness (QED) is 0.794. The highest BCUT2D eigenvalue weighted by molar-refractivity contribution is 9.10. The third-order valence-corrected chi connectivity index (χ3v) is 3.75. The third-order valence-electron chi connectivity index (χ3n) is 3.22. The molecule has 0 atom stereocenters. The maximum atomic E-state index is 11.8. The van der Waals surface area contributed by atoms with Gasteiger partial charge in [-0.2, -0.15) is 0 Å². The van der Waals surface area contributed by atoms with Crippen LogP contribution in [-0.4, -0.2) is 25.5 Å². The summed E-state index contributed by atoms with van der Waals surface area (Å²) >= 11 is 3.40. The summed E-state index contributed by atoms with van der Waals surface area (Å²) in [5.74, 6) is 0.127. The van der Waals surface area contributed by atoms with Crippen molar-refractivity contribution in [3.63, 3.8) is 0 Å². The van der Waals surface area contributed by atoms with Gasteiger partial charge in [-0.25, -0.2) is 0 Å². The van der Waals surface area contributed by atoms with E-state index in [1.54, 1.807) is 0 Å². The van der Waals surface area contributed by atoms with Gasteiger partial charge >= 0.3 is 0 Å². The van der Waals surface area contributed by atoms with Gasteiger partial charge in [0.2, 0.25) is 5.91 Å². The molecule has 1 heterocycles. The van der Waals surface area contributed by atoms with Crippen LogP contribution in [0.25, 0.3) is 0 Å². The Morgan fingerprint density at radius 1 is 1.30 bits per heavy atom. The van der Waals surface area contributed by atoms with Crippen LogP contribution in [-0.2, 0) is 11.2 Å². The van der Waals surface area contributed by atoms with Gasteiger partial charge in [0.1, 0.15) is 0 Å². The van der Waals surface area contributed by atoms with E-state index < -0.39 is 0 Å². The highest BCUT2D eigenvalue weighted by atomic mass is 79.9. The number of hydrogen-bond acceptors (Lipinski definition) is 2. The second-order valence-corrected chi connectivity index (χ2v) is 5.64. The zero-order chi connectivity index (χ0) is 13.5. The first kappa shape index (κ1) is 17.2. The van der Waals surface area contributed by atoms with Crippen molar-refractivity contribution in [2.75, 3.05) is 19.6 Å². The minimum atomic E-state index is 0. The summed E-state index contributed by atoms with van der Waals surface area (Å²) in [7, 11) is 0. The third kappa shape index (κ3) is 6.07. The van der Waals surface area contributed by atoms with Gasteiger partial charge in [0.25, 0.3) is 0 Å². The van der Waals surface area contributed by atoms with E-state index in [4.69, 9.17) is 0 Å². The molecule has 0 aromatic heterocycles. The number of benzene rings is 1. The fraction of sp³-hybridized carbons (Fsp3) is 0.400. The zero-order valence-electron chi connectivity index (χ0n) is 11.3. The van der Waals surface area contributed by atoms with E-state index in [2.05, 4.69) is 32.6 Å². The number of amides is 1. The first-order valence-corrected chi connectivity index (χ1v) is 7.43. The molecule has 110 valence electrons. The van der Waals surface area contributed by atoms with E-state index in [0.717, 1.165) is 30.4 Å². The molecule has 2 N–H and O–H groups in total. The molecule has 0 radical (unpaired) electrons. The molecule has 1 aromatic rings. The summed E-state index contributed by atoms with van der Waals surface area (Å²) in [6.45, 7) is 2.63. The molecule has 20 heavy (non-hydrogen) atoms. The van der Waals surface area contributed by atoms with Crippen LogP contribution in [0.5, 0.6) is 0 Å². The topological polar surface area (TPSA) is 41.1 Å². The van der Waals surface area contributed by atoms with E-state index in [1.807, 2.05) is 24.3 Å². The first-order chi connectivity index (χ1) is 9.24. The molecule has 1 aromatic carbocycles. The number of carbonyl (C=O) groups is 1. The average molecular weight is 360 g/mol. The smallest absolute Gasteiger partial charge is 0.220 e. The Hall–Kier alpha value is -0.840. The largest absolute Gasteiger partial charge is 0.352 e. The molecule has 0 bridgehead atoms. The Labute approximate surface area is 134 Å². The lowest BCUT2D eigenvalue weighted by Crippen LogP contribution is -2.29. The van der Waals surface area contributed by atoms with Gasteiger partial charge in [-0.15, -0.1) is 12.4 Å². The van der Waals surface area contributed by atoms with Crippen molar-refractivity contribution < 1.29 is 4.79 Å². The second-order valence-electron chi connectivity index (χ2n) is 4.72. The minimum Gasteiger partial charge on any atom is -0.352 e. The van der Waals surface area contributed by atoms with E-state index in [1.165, 1.54) is 11.1 Å². The lowest BCUT2D eigenvalue weighted by molar-refractivity contribution is -0.120. The normalized spacial score (nSPS) is 14.2. The second kappa shape index (κ2) is 9.16. The van der Waals surface area contributed by atoms with Crippen molar-refractivity contribution in [3.05, 3.63) is 46.0 Å². The van der Waals surface area contributed by atoms with Crippen molar-refractivity contribution in [3.8, 4) is 0 Å². The van der Waals surface area contributed by atoms with Crippen LogP contribution in [0.4, 0.5) is 0 Å². The first-order valence-electron chi connectivity index (χ1n) is 6.64. The van der Waals surface area contributed by atoms with Crippen LogP contribution in [0.15, 0.2) is 40.4 Å². The Kier molecular flexibility index (Phi) is 7.88. The molecule has 2 rings (SSSR count). The molecule has 1 aliphatic rings. The van der Waals surface area contributed by atoms with Crippen LogP contribution in [0, 0.1) is 0 Å². The maximum Gasteiger partial charge on any atom is 0.220 e. The Balaban J connectivity index is 0.00000200. The zero-order valence-corrected chi connectivity index (χ0v) is 13.7. The van der Waals surface area contributed by atoms with E-state index >= 15 is 0 Å². The van der Waals surface area contributed by atoms with Gasteiger partial charge in [-0.05, 0) is 37.1 Å². The fourth-order valence-corrected chi connectivity index (χ4v) is 2.30. The van der Waals surface area contributed by atoms with Crippen molar-refractivity contribution in [1.29, 1.82) is 0 Å². The van der Waals surface area contributed by atoms with Gasteiger partial charge < -0.3 is 10.6 Å². The number of nitrogens with one attached hydrogen (secondary N) is 2. The Morgan fingerprint density at radius 2 is 2.05 bits per heavy atom. The molecule has 0 saturated heterocycles. The fourth-order valence-electron chi connectivity index (χ4n) is 2.04. The molecule has 0 unspecified atom stereocenters. The van der Waals surface area contributed by atoms with Gasteiger partial charge in [-0.1, -0.05) is 39.7 Å². The van der Waals surface area contributed by atoms with Gasteiger partial charge in [0.15, 0.2) is 0 Å². The van der Waals surface area contributed by atoms with Crippen molar-refractivity contribution >= 4 is 34.2 Å². The number of aryl methyl sites for hydroxylation is 1. The molecule has 0 saturated carbocycles. The SMILES string of the molecule is Cl.O=C(CCc1ccc(Br)cc1)NCC1=CCNCC1. The number of rotatable bonds is 5. The van der Waals surface area contributed by atoms with Crippen LogP contribution >= 0.6 is 28.3 Å². The molecule has 0 aliphatic carbocycles. The molecular formula is C15H20BrClN2O. The van der Waals surface area contributed by atoms with Crippen LogP contribution in [0.3, 0.4) is 0 Å². The number of hydrogen-bond donors (Lipinski definition) is 2. The van der Waals surface area contributed by atoms with Crippen LogP contribution in [0.1, 0.15) is 18.4 Å². The van der Waals surface area contributed by atoms with E-state index in [0.29, 0.717) is 13.0 Å². The molecule has 0 fully saturated rings. The predicted octanol–water partition coefficient (Wildman–Crippen LogP) is 2.84. The van der Waals surface area contributed by atoms with Gasteiger partial charge in [0.05, 0.1) is 0 Å². The van der Waals surface area contributed by atoms with Gasteiger partial charge in [-0.3, -0.25) is 4.79 Å². The summed E-state index contributed by atoms with van der Waals surface area (Å²) in [6, 6.07) is 8.11. The van der Waals surface area contributed by atoms with Crippen molar-refractivity contribution in [1.82, 2.24) is 10.6 Å². The molecule has 5 heteroatoms. The standard InChI is InChI=1S/C15H19BrN2O.ClH/c16-14-4-1-12(2-5-14)3-6-15(19)18-11-13-7-9-17-10-8-13;/h1-2,4-5,7,17H,3,6,8-11H2,(H,18,19);1H. The van der Waals surface area contributed by atoms with Crippen LogP contribution < -0.4 is 10.6 Å². The monoisotopic (exact) mass is 358 g/mol. The highest BCUT2D eigenvalue weighted by Gasteiger charge is 2.06. The predicted molar refractivity (Wildman–Crippen MR) is 88.3 cm³/mol. The summed E-state index contributed by atoms with van der Waals surface area (Å²) < 4.78 is 1.07. The van der Waals surface area contributed by atoms with Crippen molar-refractivity contribution in [2.45, 2.75) is 19.3 Å². The highest BCUT2D eigenvalue weighted by Crippen LogP contribution is 2.11. The molecule has 1 aliphatic heterocycles. The van der Waals surface area contributed by atoms with Crippen LogP contribution in [0.2, 0.25) is 0 Å². The number of carbonyl (C=O) groups excluding carboxylic acids is 1. The summed E-state index contributed by atoms with van der Waals surface area (Å²) in [4.78, 5) is 11.8. The lowest BCUT2D eigenvalue weighted by atomic mass is 10.1. The van der Waals surface area contributed by atoms with E-state index in [-0.39, 0.29) is 18.3 Å². The van der Waals surface area contributed by atoms with Gasteiger partial charge in [0, 0.05) is 24.0 Å². The maximum absolute atomic E-state index is 11.8. The summed E-state index contributed by atoms with van der Waals surface area (Å²) in [5.41, 5.74) is 2.52. The summed E-state index contributed by atoms with van der Waals surface area (Å²) in [5, 5.41) is 6.25. The van der Waals surface area contributed by atoms with E-state index in [9.17, 15) is 4.79 Å². The summed E-state index contributed by atoms with van der Waals surface area (Å²) in [6.07, 6.45) is 4.54. The average Bonchev–Trinajstić information content (AvgIpc) is 2.45.